The summed E-state index contributed by atoms with van der Waals surface area (Å²) >= 11 is 0. The quantitative estimate of drug-likeness (QED) is 0.711. The molecule has 2 amide bonds. The summed E-state index contributed by atoms with van der Waals surface area (Å²) in [6, 6.07) is -0.181. The summed E-state index contributed by atoms with van der Waals surface area (Å²) in [6.45, 7) is 5.73. The van der Waals surface area contributed by atoms with Crippen LogP contribution in [0.3, 0.4) is 0 Å². The van der Waals surface area contributed by atoms with Crippen molar-refractivity contribution in [2.45, 2.75) is 26.7 Å². The van der Waals surface area contributed by atoms with E-state index in [1.807, 2.05) is 13.8 Å². The van der Waals surface area contributed by atoms with Crippen LogP contribution < -0.4 is 5.32 Å². The minimum atomic E-state index is -0.808. The first-order chi connectivity index (χ1) is 8.94. The highest BCUT2D eigenvalue weighted by molar-refractivity contribution is 5.80. The molecule has 0 aromatic heterocycles. The summed E-state index contributed by atoms with van der Waals surface area (Å²) in [7, 11) is 1.62. The first-order valence-corrected chi connectivity index (χ1v) is 6.69. The number of methoxy groups -OCH3 is 1. The lowest BCUT2D eigenvalue weighted by Gasteiger charge is -2.28. The van der Waals surface area contributed by atoms with Crippen LogP contribution in [0.4, 0.5) is 4.79 Å². The van der Waals surface area contributed by atoms with Crippen LogP contribution in [0.5, 0.6) is 0 Å². The zero-order chi connectivity index (χ0) is 14.5. The Labute approximate surface area is 114 Å². The predicted octanol–water partition coefficient (Wildman–Crippen LogP) is 1.17. The fourth-order valence-corrected chi connectivity index (χ4v) is 2.42. The topological polar surface area (TPSA) is 78.9 Å². The van der Waals surface area contributed by atoms with Gasteiger partial charge in [-0.25, -0.2) is 4.79 Å². The number of carbonyl (C=O) groups excluding carboxylic acids is 1. The molecular formula is C13H24N2O4. The van der Waals surface area contributed by atoms with E-state index in [9.17, 15) is 14.7 Å². The lowest BCUT2D eigenvalue weighted by atomic mass is 9.76. The number of carbonyl (C=O) groups is 2. The van der Waals surface area contributed by atoms with Gasteiger partial charge in [0.05, 0.1) is 5.41 Å². The normalized spacial score (nSPS) is 22.8. The van der Waals surface area contributed by atoms with Crippen molar-refractivity contribution in [3.05, 3.63) is 0 Å². The summed E-state index contributed by atoms with van der Waals surface area (Å²) in [5, 5.41) is 12.2. The molecule has 1 aliphatic rings. The maximum Gasteiger partial charge on any atom is 0.317 e. The first kappa shape index (κ1) is 15.8. The fourth-order valence-electron chi connectivity index (χ4n) is 2.42. The number of urea groups is 1. The van der Waals surface area contributed by atoms with Crippen molar-refractivity contribution < 1.29 is 19.4 Å². The molecule has 1 saturated heterocycles. The van der Waals surface area contributed by atoms with Crippen LogP contribution in [0.15, 0.2) is 0 Å². The van der Waals surface area contributed by atoms with E-state index in [2.05, 4.69) is 5.32 Å². The predicted molar refractivity (Wildman–Crippen MR) is 71.0 cm³/mol. The van der Waals surface area contributed by atoms with Gasteiger partial charge in [0.2, 0.25) is 0 Å². The summed E-state index contributed by atoms with van der Waals surface area (Å²) in [5.41, 5.74) is -0.802. The van der Waals surface area contributed by atoms with Gasteiger partial charge in [0, 0.05) is 33.4 Å². The minimum absolute atomic E-state index is 0.0105. The Balaban J connectivity index is 2.50. The molecule has 19 heavy (non-hydrogen) atoms. The third kappa shape index (κ3) is 3.59. The van der Waals surface area contributed by atoms with Crippen molar-refractivity contribution in [2.75, 3.05) is 33.4 Å². The molecule has 2 N–H and O–H groups in total. The second-order valence-corrected chi connectivity index (χ2v) is 5.37. The lowest BCUT2D eigenvalue weighted by molar-refractivity contribution is -0.150. The number of rotatable bonds is 6. The molecule has 0 saturated carbocycles. The lowest BCUT2D eigenvalue weighted by Crippen LogP contribution is -2.44. The molecule has 1 atom stereocenters. The smallest absolute Gasteiger partial charge is 0.317 e. The van der Waals surface area contributed by atoms with Gasteiger partial charge in [0.25, 0.3) is 0 Å². The molecule has 1 rings (SSSR count). The Kier molecular flexibility index (Phi) is 5.60. The van der Waals surface area contributed by atoms with Gasteiger partial charge in [-0.1, -0.05) is 13.8 Å². The van der Waals surface area contributed by atoms with Gasteiger partial charge in [-0.15, -0.1) is 0 Å². The van der Waals surface area contributed by atoms with Gasteiger partial charge >= 0.3 is 12.0 Å². The van der Waals surface area contributed by atoms with Gasteiger partial charge in [-0.2, -0.15) is 0 Å². The number of hydrogen-bond acceptors (Lipinski definition) is 3. The maximum atomic E-state index is 11.9. The Morgan fingerprint density at radius 3 is 2.63 bits per heavy atom. The molecule has 1 heterocycles. The van der Waals surface area contributed by atoms with Crippen molar-refractivity contribution in [3.8, 4) is 0 Å². The SMILES string of the molecule is COCCCNC(=O)N1CCC(C(=O)O)(C(C)C)C1. The number of nitrogens with one attached hydrogen (secondary N) is 1. The number of aliphatic carboxylic acids is 1. The highest BCUT2D eigenvalue weighted by Gasteiger charge is 2.48. The van der Waals surface area contributed by atoms with Crippen LogP contribution in [-0.4, -0.2) is 55.4 Å². The van der Waals surface area contributed by atoms with Crippen LogP contribution in [-0.2, 0) is 9.53 Å². The highest BCUT2D eigenvalue weighted by atomic mass is 16.5. The molecule has 6 heteroatoms. The second kappa shape index (κ2) is 6.75. The van der Waals surface area contributed by atoms with E-state index >= 15 is 0 Å². The van der Waals surface area contributed by atoms with E-state index < -0.39 is 11.4 Å². The molecule has 6 nitrogen and oxygen atoms in total. The van der Waals surface area contributed by atoms with Gasteiger partial charge < -0.3 is 20.1 Å². The highest BCUT2D eigenvalue weighted by Crippen LogP contribution is 2.38. The molecule has 1 aliphatic heterocycles. The van der Waals surface area contributed by atoms with Gasteiger partial charge in [0.1, 0.15) is 0 Å². The third-order valence-corrected chi connectivity index (χ3v) is 3.92. The van der Waals surface area contributed by atoms with E-state index in [-0.39, 0.29) is 18.5 Å². The standard InChI is InChI=1S/C13H24N2O4/c1-10(2)13(11(16)17)5-7-15(9-13)12(18)14-6-4-8-19-3/h10H,4-9H2,1-3H3,(H,14,18)(H,16,17). The monoisotopic (exact) mass is 272 g/mol. The summed E-state index contributed by atoms with van der Waals surface area (Å²) < 4.78 is 4.90. The number of carboxylic acids is 1. The summed E-state index contributed by atoms with van der Waals surface area (Å²) in [4.78, 5) is 25.0. The Morgan fingerprint density at radius 2 is 2.16 bits per heavy atom. The molecular weight excluding hydrogens is 248 g/mol. The van der Waals surface area contributed by atoms with Gasteiger partial charge in [-0.05, 0) is 18.8 Å². The fraction of sp³-hybridized carbons (Fsp3) is 0.846. The van der Waals surface area contributed by atoms with E-state index in [1.165, 1.54) is 0 Å². The number of carboxylic acid groups (broad SMARTS) is 1. The van der Waals surface area contributed by atoms with Crippen LogP contribution in [0.2, 0.25) is 0 Å². The molecule has 0 aromatic rings. The molecule has 0 aliphatic carbocycles. The average Bonchev–Trinajstić information content (AvgIpc) is 2.81. The second-order valence-electron chi connectivity index (χ2n) is 5.37. The first-order valence-electron chi connectivity index (χ1n) is 6.69. The van der Waals surface area contributed by atoms with Gasteiger partial charge in [-0.3, -0.25) is 4.79 Å². The van der Waals surface area contributed by atoms with Crippen molar-refractivity contribution in [3.63, 3.8) is 0 Å². The van der Waals surface area contributed by atoms with Crippen LogP contribution >= 0.6 is 0 Å². The third-order valence-electron chi connectivity index (χ3n) is 3.92. The molecule has 0 radical (unpaired) electrons. The van der Waals surface area contributed by atoms with Gasteiger partial charge in [0.15, 0.2) is 0 Å². The molecule has 1 fully saturated rings. The Morgan fingerprint density at radius 1 is 1.47 bits per heavy atom. The maximum absolute atomic E-state index is 11.9. The number of likely N-dealkylation sites (tertiary alicyclic amines) is 1. The van der Waals surface area contributed by atoms with Crippen molar-refractivity contribution >= 4 is 12.0 Å². The zero-order valence-electron chi connectivity index (χ0n) is 11.9. The largest absolute Gasteiger partial charge is 0.481 e. The van der Waals surface area contributed by atoms with E-state index in [1.54, 1.807) is 12.0 Å². The van der Waals surface area contributed by atoms with Crippen LogP contribution in [0.25, 0.3) is 0 Å². The van der Waals surface area contributed by atoms with E-state index in [4.69, 9.17) is 4.74 Å². The van der Waals surface area contributed by atoms with Crippen LogP contribution in [0.1, 0.15) is 26.7 Å². The molecule has 110 valence electrons. The number of amides is 2. The molecule has 1 unspecified atom stereocenters. The Bertz CT molecular complexity index is 333. The van der Waals surface area contributed by atoms with Crippen LogP contribution in [0, 0.1) is 11.3 Å². The molecule has 0 bridgehead atoms. The summed E-state index contributed by atoms with van der Waals surface area (Å²) in [5.74, 6) is -0.798. The average molecular weight is 272 g/mol. The van der Waals surface area contributed by atoms with E-state index in [0.717, 1.165) is 6.42 Å². The molecule has 0 spiro atoms. The number of hydrogen-bond donors (Lipinski definition) is 2. The molecule has 0 aromatic carbocycles. The van der Waals surface area contributed by atoms with E-state index in [0.29, 0.717) is 26.1 Å². The summed E-state index contributed by atoms with van der Waals surface area (Å²) in [6.07, 6.45) is 1.27. The number of ether oxygens (including phenoxy) is 1. The number of nitrogens with zero attached hydrogens (tertiary/aromatic N) is 1. The zero-order valence-corrected chi connectivity index (χ0v) is 11.9. The Hall–Kier alpha value is -1.30. The van der Waals surface area contributed by atoms with Crippen molar-refractivity contribution in [1.29, 1.82) is 0 Å². The minimum Gasteiger partial charge on any atom is -0.481 e. The van der Waals surface area contributed by atoms with Crippen molar-refractivity contribution in [1.82, 2.24) is 10.2 Å². The van der Waals surface area contributed by atoms with Crippen molar-refractivity contribution in [2.24, 2.45) is 11.3 Å².